The van der Waals surface area contributed by atoms with E-state index < -0.39 is 23.2 Å². The zero-order valence-electron chi connectivity index (χ0n) is 18.6. The van der Waals surface area contributed by atoms with Crippen molar-refractivity contribution in [1.29, 1.82) is 0 Å². The first-order valence-electron chi connectivity index (χ1n) is 9.98. The minimum atomic E-state index is -0.871. The minimum Gasteiger partial charge on any atom is -0.870 e. The van der Waals surface area contributed by atoms with Crippen LogP contribution in [0.1, 0.15) is 11.4 Å². The number of nitrogens with zero attached hydrogens (tertiary/aromatic N) is 6. The molecule has 0 aliphatic rings. The van der Waals surface area contributed by atoms with Crippen molar-refractivity contribution >= 4 is 45.5 Å². The van der Waals surface area contributed by atoms with Gasteiger partial charge < -0.3 is 25.8 Å². The van der Waals surface area contributed by atoms with Crippen molar-refractivity contribution in [3.05, 3.63) is 76.3 Å². The molecule has 0 saturated carbocycles. The second-order valence-corrected chi connectivity index (χ2v) is 7.02. The molecule has 0 aliphatic carbocycles. The maximum absolute atomic E-state index is 12.3. The molecular weight excluding hydrogens is 590 g/mol. The smallest absolute Gasteiger partial charge is 0.870 e. The SMILES string of the molecule is O=c1[nH]c2ccccc2nc1N/N=C(/[O-])c1cc(/C([O-])=N\Nc2nc3ccccc3nc2[O-])[nH]n1.[Co+2].[Co+2].[OH-]. The molecule has 2 aromatic carbocycles. The fourth-order valence-corrected chi connectivity index (χ4v) is 3.03. The number of nitrogens with one attached hydrogen (secondary N) is 4. The average molecular weight is 604 g/mol. The van der Waals surface area contributed by atoms with Crippen LogP contribution in [0.3, 0.4) is 0 Å². The summed E-state index contributed by atoms with van der Waals surface area (Å²) in [5, 5.41) is 49.9. The number of hydrogen-bond donors (Lipinski definition) is 4. The van der Waals surface area contributed by atoms with Gasteiger partial charge in [-0.05, 0) is 30.3 Å². The van der Waals surface area contributed by atoms with E-state index in [0.717, 1.165) is 6.07 Å². The molecule has 5 aromatic rings. The first kappa shape index (κ1) is 29.7. The quantitative estimate of drug-likeness (QED) is 0.101. The van der Waals surface area contributed by atoms with E-state index in [-0.39, 0.29) is 62.1 Å². The molecule has 0 spiro atoms. The van der Waals surface area contributed by atoms with Crippen molar-refractivity contribution in [2.24, 2.45) is 10.2 Å². The predicted molar refractivity (Wildman–Crippen MR) is 122 cm³/mol. The molecule has 3 aromatic heterocycles. The molecule has 0 bridgehead atoms. The van der Waals surface area contributed by atoms with Gasteiger partial charge in [-0.2, -0.15) is 15.3 Å². The van der Waals surface area contributed by atoms with Crippen LogP contribution in [-0.4, -0.2) is 47.4 Å². The van der Waals surface area contributed by atoms with E-state index in [0.29, 0.717) is 22.1 Å². The molecule has 0 atom stereocenters. The Kier molecular flexibility index (Phi) is 9.84. The summed E-state index contributed by atoms with van der Waals surface area (Å²) in [6, 6.07) is 14.7. The molecule has 5 rings (SSSR count). The molecule has 17 heteroatoms. The van der Waals surface area contributed by atoms with Crippen LogP contribution in [0.5, 0.6) is 5.88 Å². The van der Waals surface area contributed by atoms with Gasteiger partial charge in [-0.3, -0.25) is 25.7 Å². The second kappa shape index (κ2) is 12.6. The van der Waals surface area contributed by atoms with Gasteiger partial charge in [0, 0.05) is 17.7 Å². The summed E-state index contributed by atoms with van der Waals surface area (Å²) in [7, 11) is 0. The molecule has 0 amide bonds. The normalized spacial score (nSPS) is 11.3. The minimum absolute atomic E-state index is 0. The van der Waals surface area contributed by atoms with Crippen LogP contribution in [0.15, 0.2) is 69.6 Å². The number of hydrazone groups is 2. The molecular formula is C21H14Co2N10O5. The van der Waals surface area contributed by atoms with E-state index in [4.69, 9.17) is 0 Å². The Morgan fingerprint density at radius 3 is 2.13 bits per heavy atom. The van der Waals surface area contributed by atoms with Crippen LogP contribution >= 0.6 is 0 Å². The van der Waals surface area contributed by atoms with E-state index in [1.165, 1.54) is 0 Å². The van der Waals surface area contributed by atoms with E-state index in [9.17, 15) is 20.1 Å². The van der Waals surface area contributed by atoms with Gasteiger partial charge in [0.15, 0.2) is 5.82 Å². The first-order valence-corrected chi connectivity index (χ1v) is 9.98. The Morgan fingerprint density at radius 2 is 1.39 bits per heavy atom. The van der Waals surface area contributed by atoms with Crippen molar-refractivity contribution in [2.45, 2.75) is 0 Å². The van der Waals surface area contributed by atoms with Crippen LogP contribution < -0.4 is 31.7 Å². The van der Waals surface area contributed by atoms with Gasteiger partial charge in [0.25, 0.3) is 5.56 Å². The van der Waals surface area contributed by atoms with Crippen LogP contribution in [0.2, 0.25) is 0 Å². The summed E-state index contributed by atoms with van der Waals surface area (Å²) < 4.78 is 0. The zero-order valence-corrected chi connectivity index (χ0v) is 20.7. The van der Waals surface area contributed by atoms with Crippen molar-refractivity contribution in [1.82, 2.24) is 30.1 Å². The number of benzene rings is 2. The monoisotopic (exact) mass is 604 g/mol. The number of para-hydroxylation sites is 4. The van der Waals surface area contributed by atoms with Crippen LogP contribution in [0, 0.1) is 0 Å². The van der Waals surface area contributed by atoms with Gasteiger partial charge in [-0.25, -0.2) is 9.97 Å². The Bertz CT molecular complexity index is 1690. The van der Waals surface area contributed by atoms with Crippen LogP contribution in [0.4, 0.5) is 11.6 Å². The summed E-state index contributed by atoms with van der Waals surface area (Å²) in [4.78, 5) is 26.8. The number of rotatable bonds is 6. The molecule has 0 saturated heterocycles. The third-order valence-electron chi connectivity index (χ3n) is 4.69. The zero-order chi connectivity index (χ0) is 24.4. The first-order chi connectivity index (χ1) is 17.0. The van der Waals surface area contributed by atoms with Gasteiger partial charge >= 0.3 is 33.6 Å². The summed E-state index contributed by atoms with van der Waals surface area (Å²) in [5.74, 6) is -2.84. The average Bonchev–Trinajstić information content (AvgIpc) is 3.36. The maximum Gasteiger partial charge on any atom is 2.00 e. The number of hydrogen-bond acceptors (Lipinski definition) is 13. The van der Waals surface area contributed by atoms with E-state index in [1.807, 2.05) is 0 Å². The summed E-state index contributed by atoms with van der Waals surface area (Å²) in [5.41, 5.74) is 5.52. The third-order valence-corrected chi connectivity index (χ3v) is 4.69. The van der Waals surface area contributed by atoms with Crippen LogP contribution in [-0.2, 0) is 33.6 Å². The molecule has 5 N–H and O–H groups in total. The summed E-state index contributed by atoms with van der Waals surface area (Å²) >= 11 is 0. The molecule has 0 unspecified atom stereocenters. The summed E-state index contributed by atoms with van der Waals surface area (Å²) in [6.07, 6.45) is 0. The predicted octanol–water partition coefficient (Wildman–Crippen LogP) is -1.25. The second-order valence-electron chi connectivity index (χ2n) is 7.02. The van der Waals surface area contributed by atoms with Gasteiger partial charge in [0.2, 0.25) is 5.82 Å². The topological polar surface area (TPSA) is 248 Å². The van der Waals surface area contributed by atoms with Gasteiger partial charge in [0.05, 0.1) is 33.5 Å². The van der Waals surface area contributed by atoms with Gasteiger partial charge in [0.1, 0.15) is 0 Å². The molecule has 15 nitrogen and oxygen atoms in total. The number of H-pyrrole nitrogens is 2. The fraction of sp³-hybridized carbons (Fsp3) is 0. The number of anilines is 2. The summed E-state index contributed by atoms with van der Waals surface area (Å²) in [6.45, 7) is 0. The molecule has 0 fully saturated rings. The largest absolute Gasteiger partial charge is 2.00 e. The van der Waals surface area contributed by atoms with E-state index in [2.05, 4.69) is 51.2 Å². The fourth-order valence-electron chi connectivity index (χ4n) is 3.03. The molecule has 3 heterocycles. The molecule has 2 radical (unpaired) electrons. The van der Waals surface area contributed by atoms with Crippen molar-refractivity contribution in [3.63, 3.8) is 0 Å². The van der Waals surface area contributed by atoms with Crippen molar-refractivity contribution < 1.29 is 54.4 Å². The van der Waals surface area contributed by atoms with Crippen molar-refractivity contribution in [2.75, 3.05) is 10.9 Å². The van der Waals surface area contributed by atoms with Gasteiger partial charge in [-0.15, -0.1) is 0 Å². The standard InChI is InChI=1S/C21H16N10O4.2Co.H2O/c32-18(30-28-16-20(34)24-12-7-3-1-5-10(12)22-16)14-9-15(27-26-14)19(33)31-29-17-21(35)25-13-8-4-2-6-11(13)23-17;;;/h1-9H,(H,22,28)(H,23,29)(H,24,34)(H,25,35)(H,26,27)(H,30,32)(H,31,33);;;1H2/q;2*+2;/p-4. The van der Waals surface area contributed by atoms with Crippen molar-refractivity contribution in [3.8, 4) is 5.88 Å². The van der Waals surface area contributed by atoms with Gasteiger partial charge in [-0.1, -0.05) is 24.3 Å². The molecule has 196 valence electrons. The third kappa shape index (κ3) is 6.22. The Labute approximate surface area is 232 Å². The van der Waals surface area contributed by atoms with Crippen LogP contribution in [0.25, 0.3) is 22.1 Å². The Morgan fingerprint density at radius 1 is 0.816 bits per heavy atom. The number of fused-ring (bicyclic) bond motifs is 2. The number of aromatic amines is 2. The van der Waals surface area contributed by atoms with E-state index in [1.54, 1.807) is 48.5 Å². The Hall–Kier alpha value is -4.56. The maximum atomic E-state index is 12.3. The van der Waals surface area contributed by atoms with E-state index >= 15 is 0 Å². The molecule has 0 aliphatic heterocycles. The Balaban J connectivity index is 0.00000169. The number of aromatic nitrogens is 6. The molecule has 38 heavy (non-hydrogen) atoms.